The number of urea groups is 1. The molecule has 1 aromatic carbocycles. The lowest BCUT2D eigenvalue weighted by molar-refractivity contribution is -0.0598. The number of amides is 2. The number of carbonyl (C=O) groups is 1. The smallest absolute Gasteiger partial charge is 0.345 e. The predicted octanol–water partition coefficient (Wildman–Crippen LogP) is 4.16. The SMILES string of the molecule is CON(C)C(=O)Nc1cccc(OCCc2ccc(Br)s2)c1. The van der Waals surface area contributed by atoms with Crippen LogP contribution in [0.25, 0.3) is 0 Å². The van der Waals surface area contributed by atoms with Crippen molar-refractivity contribution in [2.75, 3.05) is 26.1 Å². The third-order valence-electron chi connectivity index (χ3n) is 2.89. The van der Waals surface area contributed by atoms with Gasteiger partial charge in [-0.15, -0.1) is 11.3 Å². The first-order valence-electron chi connectivity index (χ1n) is 6.64. The highest BCUT2D eigenvalue weighted by Gasteiger charge is 2.08. The van der Waals surface area contributed by atoms with Crippen molar-refractivity contribution < 1.29 is 14.4 Å². The van der Waals surface area contributed by atoms with E-state index < -0.39 is 0 Å². The second-order valence-electron chi connectivity index (χ2n) is 4.44. The van der Waals surface area contributed by atoms with Crippen LogP contribution in [0.2, 0.25) is 0 Å². The molecule has 0 unspecified atom stereocenters. The van der Waals surface area contributed by atoms with Crippen LogP contribution >= 0.6 is 27.3 Å². The molecule has 1 heterocycles. The third-order valence-corrected chi connectivity index (χ3v) is 4.57. The molecule has 0 aliphatic rings. The first-order chi connectivity index (χ1) is 10.6. The monoisotopic (exact) mass is 384 g/mol. The molecule has 0 aliphatic heterocycles. The fourth-order valence-electron chi connectivity index (χ4n) is 1.70. The van der Waals surface area contributed by atoms with Crippen molar-refractivity contribution >= 4 is 39.0 Å². The van der Waals surface area contributed by atoms with Crippen LogP contribution in [0.15, 0.2) is 40.2 Å². The van der Waals surface area contributed by atoms with Crippen LogP contribution in [0.5, 0.6) is 5.75 Å². The molecule has 2 aromatic rings. The summed E-state index contributed by atoms with van der Waals surface area (Å²) in [5.74, 6) is 0.716. The molecule has 0 fully saturated rings. The molecule has 0 radical (unpaired) electrons. The summed E-state index contributed by atoms with van der Waals surface area (Å²) in [5.41, 5.74) is 0.658. The second-order valence-corrected chi connectivity index (χ2v) is 6.99. The Morgan fingerprint density at radius 1 is 1.36 bits per heavy atom. The van der Waals surface area contributed by atoms with Gasteiger partial charge in [-0.25, -0.2) is 9.86 Å². The molecule has 0 saturated heterocycles. The highest BCUT2D eigenvalue weighted by molar-refractivity contribution is 9.11. The number of anilines is 1. The first-order valence-corrected chi connectivity index (χ1v) is 8.25. The number of nitrogens with one attached hydrogen (secondary N) is 1. The molecule has 5 nitrogen and oxygen atoms in total. The maximum absolute atomic E-state index is 11.7. The average molecular weight is 385 g/mol. The second kappa shape index (κ2) is 8.17. The van der Waals surface area contributed by atoms with Crippen LogP contribution in [0, 0.1) is 0 Å². The van der Waals surface area contributed by atoms with Crippen LogP contribution < -0.4 is 10.1 Å². The van der Waals surface area contributed by atoms with Gasteiger partial charge in [0.15, 0.2) is 0 Å². The molecule has 0 spiro atoms. The summed E-state index contributed by atoms with van der Waals surface area (Å²) in [6.45, 7) is 0.586. The van der Waals surface area contributed by atoms with Crippen molar-refractivity contribution in [2.45, 2.75) is 6.42 Å². The van der Waals surface area contributed by atoms with E-state index in [2.05, 4.69) is 27.3 Å². The third kappa shape index (κ3) is 5.01. The topological polar surface area (TPSA) is 50.8 Å². The summed E-state index contributed by atoms with van der Waals surface area (Å²) in [4.78, 5) is 17.8. The summed E-state index contributed by atoms with van der Waals surface area (Å²) >= 11 is 5.14. The van der Waals surface area contributed by atoms with Gasteiger partial charge in [0.1, 0.15) is 5.75 Å². The number of ether oxygens (including phenoxy) is 1. The fraction of sp³-hybridized carbons (Fsp3) is 0.267. The lowest BCUT2D eigenvalue weighted by Crippen LogP contribution is -2.30. The summed E-state index contributed by atoms with van der Waals surface area (Å²) in [6.07, 6.45) is 0.846. The zero-order valence-electron chi connectivity index (χ0n) is 12.3. The van der Waals surface area contributed by atoms with Gasteiger partial charge < -0.3 is 10.1 Å². The largest absolute Gasteiger partial charge is 0.493 e. The average Bonchev–Trinajstić information content (AvgIpc) is 2.92. The molecule has 0 aliphatic carbocycles. The maximum Gasteiger partial charge on any atom is 0.345 e. The molecule has 0 bridgehead atoms. The van der Waals surface area contributed by atoms with Gasteiger partial charge in [-0.1, -0.05) is 6.07 Å². The van der Waals surface area contributed by atoms with E-state index in [4.69, 9.17) is 9.57 Å². The quantitative estimate of drug-likeness (QED) is 0.760. The summed E-state index contributed by atoms with van der Waals surface area (Å²) in [6, 6.07) is 11.0. The number of halogens is 1. The maximum atomic E-state index is 11.7. The number of rotatable bonds is 6. The number of thiophene rings is 1. The molecule has 2 rings (SSSR count). The number of carbonyl (C=O) groups excluding carboxylic acids is 1. The van der Waals surface area contributed by atoms with E-state index in [9.17, 15) is 4.79 Å². The highest BCUT2D eigenvalue weighted by atomic mass is 79.9. The van der Waals surface area contributed by atoms with Crippen molar-refractivity contribution in [3.8, 4) is 5.75 Å². The number of benzene rings is 1. The molecule has 0 saturated carbocycles. The summed E-state index contributed by atoms with van der Waals surface area (Å²) in [5, 5.41) is 3.84. The van der Waals surface area contributed by atoms with Crippen molar-refractivity contribution in [1.82, 2.24) is 5.06 Å². The Balaban J connectivity index is 1.87. The highest BCUT2D eigenvalue weighted by Crippen LogP contribution is 2.23. The van der Waals surface area contributed by atoms with Crippen molar-refractivity contribution in [2.24, 2.45) is 0 Å². The summed E-state index contributed by atoms with van der Waals surface area (Å²) < 4.78 is 6.84. The molecule has 0 atom stereocenters. The predicted molar refractivity (Wildman–Crippen MR) is 91.5 cm³/mol. The van der Waals surface area contributed by atoms with Crippen LogP contribution in [0.3, 0.4) is 0 Å². The molecular formula is C15H17BrN2O3S. The molecule has 2 amide bonds. The minimum atomic E-state index is -0.344. The van der Waals surface area contributed by atoms with E-state index >= 15 is 0 Å². The van der Waals surface area contributed by atoms with E-state index in [1.807, 2.05) is 18.2 Å². The number of nitrogens with zero attached hydrogens (tertiary/aromatic N) is 1. The van der Waals surface area contributed by atoms with Crippen molar-refractivity contribution in [1.29, 1.82) is 0 Å². The molecule has 7 heteroatoms. The lowest BCUT2D eigenvalue weighted by atomic mass is 10.3. The fourth-order valence-corrected chi connectivity index (χ4v) is 3.17. The van der Waals surface area contributed by atoms with E-state index in [0.717, 1.165) is 15.3 Å². The van der Waals surface area contributed by atoms with Crippen molar-refractivity contribution in [3.63, 3.8) is 0 Å². The molecule has 1 N–H and O–H groups in total. The Kier molecular flexibility index (Phi) is 6.23. The standard InChI is InChI=1S/C15H17BrN2O3S/c1-18(20-2)15(19)17-11-4-3-5-12(10-11)21-9-8-13-6-7-14(16)22-13/h3-7,10H,8-9H2,1-2H3,(H,17,19). The van der Waals surface area contributed by atoms with Crippen LogP contribution in [0.1, 0.15) is 4.88 Å². The Labute approximate surface area is 141 Å². The Hall–Kier alpha value is -1.57. The first kappa shape index (κ1) is 16.8. The van der Waals surface area contributed by atoms with E-state index in [-0.39, 0.29) is 6.03 Å². The molecule has 22 heavy (non-hydrogen) atoms. The number of hydroxylamine groups is 2. The van der Waals surface area contributed by atoms with E-state index in [1.165, 1.54) is 19.0 Å². The van der Waals surface area contributed by atoms with Gasteiger partial charge in [0.25, 0.3) is 0 Å². The van der Waals surface area contributed by atoms with Crippen LogP contribution in [-0.4, -0.2) is 31.9 Å². The van der Waals surface area contributed by atoms with E-state index in [0.29, 0.717) is 18.0 Å². The van der Waals surface area contributed by atoms with Gasteiger partial charge in [-0.2, -0.15) is 0 Å². The molecule has 118 valence electrons. The number of hydrogen-bond acceptors (Lipinski definition) is 4. The zero-order valence-corrected chi connectivity index (χ0v) is 14.7. The molecular weight excluding hydrogens is 368 g/mol. The van der Waals surface area contributed by atoms with Crippen LogP contribution in [0.4, 0.5) is 10.5 Å². The Morgan fingerprint density at radius 3 is 2.86 bits per heavy atom. The van der Waals surface area contributed by atoms with Crippen LogP contribution in [-0.2, 0) is 11.3 Å². The van der Waals surface area contributed by atoms with Gasteiger partial charge in [0.05, 0.1) is 17.5 Å². The Morgan fingerprint density at radius 2 is 2.18 bits per heavy atom. The zero-order chi connectivity index (χ0) is 15.9. The summed E-state index contributed by atoms with van der Waals surface area (Å²) in [7, 11) is 2.97. The van der Waals surface area contributed by atoms with Gasteiger partial charge in [0.2, 0.25) is 0 Å². The van der Waals surface area contributed by atoms with Gasteiger partial charge >= 0.3 is 6.03 Å². The van der Waals surface area contributed by atoms with E-state index in [1.54, 1.807) is 23.5 Å². The van der Waals surface area contributed by atoms with Crippen molar-refractivity contribution in [3.05, 3.63) is 45.1 Å². The Bertz CT molecular complexity index is 633. The minimum absolute atomic E-state index is 0.344. The van der Waals surface area contributed by atoms with Gasteiger partial charge in [-0.3, -0.25) is 4.84 Å². The number of hydrogen-bond donors (Lipinski definition) is 1. The molecule has 1 aromatic heterocycles. The lowest BCUT2D eigenvalue weighted by Gasteiger charge is -2.15. The van der Waals surface area contributed by atoms with Gasteiger partial charge in [0, 0.05) is 30.1 Å². The minimum Gasteiger partial charge on any atom is -0.493 e. The van der Waals surface area contributed by atoms with Gasteiger partial charge in [-0.05, 0) is 40.2 Å². The normalized spacial score (nSPS) is 10.3.